The minimum absolute atomic E-state index is 0.222. The molecule has 4 heteroatoms. The van der Waals surface area contributed by atoms with Crippen LogP contribution in [-0.4, -0.2) is 9.70 Å². The van der Waals surface area contributed by atoms with E-state index in [0.717, 1.165) is 18.4 Å². The maximum atomic E-state index is 6.14. The summed E-state index contributed by atoms with van der Waals surface area (Å²) in [4.78, 5) is -0.0512. The first-order valence-corrected chi connectivity index (χ1v) is 6.37. The summed E-state index contributed by atoms with van der Waals surface area (Å²) in [7, 11) is 0. The van der Waals surface area contributed by atoms with Crippen molar-refractivity contribution >= 4 is 50.7 Å². The van der Waals surface area contributed by atoms with Crippen LogP contribution in [0.15, 0.2) is 22.7 Å². The zero-order valence-electron chi connectivity index (χ0n) is 8.29. The van der Waals surface area contributed by atoms with Crippen molar-refractivity contribution in [1.82, 2.24) is 0 Å². The van der Waals surface area contributed by atoms with Gasteiger partial charge in [0, 0.05) is 15.4 Å². The first kappa shape index (κ1) is 14.8. The summed E-state index contributed by atoms with van der Waals surface area (Å²) in [6.07, 6.45) is 1.65. The number of alkyl halides is 2. The van der Waals surface area contributed by atoms with E-state index in [1.54, 1.807) is 0 Å². The van der Waals surface area contributed by atoms with Crippen LogP contribution in [0, 0.1) is 0 Å². The van der Waals surface area contributed by atoms with Gasteiger partial charge in [-0.15, -0.1) is 11.6 Å². The van der Waals surface area contributed by atoms with Crippen molar-refractivity contribution in [3.63, 3.8) is 0 Å². The SMILES string of the molecule is C=C(Cl)C(=CCl)CCC(Br)C(C)(C)Cl. The van der Waals surface area contributed by atoms with E-state index >= 15 is 0 Å². The molecule has 0 N–H and O–H groups in total. The summed E-state index contributed by atoms with van der Waals surface area (Å²) >= 11 is 21.0. The highest BCUT2D eigenvalue weighted by atomic mass is 79.9. The van der Waals surface area contributed by atoms with Crippen molar-refractivity contribution in [2.45, 2.75) is 36.4 Å². The lowest BCUT2D eigenvalue weighted by Crippen LogP contribution is -2.24. The molecule has 0 saturated heterocycles. The van der Waals surface area contributed by atoms with E-state index in [-0.39, 0.29) is 9.70 Å². The summed E-state index contributed by atoms with van der Waals surface area (Å²) < 4.78 is 0. The van der Waals surface area contributed by atoms with Gasteiger partial charge >= 0.3 is 0 Å². The predicted molar refractivity (Wildman–Crippen MR) is 70.8 cm³/mol. The molecule has 0 radical (unpaired) electrons. The van der Waals surface area contributed by atoms with Crippen LogP contribution in [-0.2, 0) is 0 Å². The van der Waals surface area contributed by atoms with E-state index in [1.165, 1.54) is 5.54 Å². The number of halogens is 4. The Morgan fingerprint density at radius 2 is 2.07 bits per heavy atom. The molecule has 0 bridgehead atoms. The van der Waals surface area contributed by atoms with Gasteiger partial charge in [-0.3, -0.25) is 0 Å². The highest BCUT2D eigenvalue weighted by molar-refractivity contribution is 9.09. The second-order valence-electron chi connectivity index (χ2n) is 3.61. The van der Waals surface area contributed by atoms with Gasteiger partial charge in [-0.05, 0) is 32.3 Å². The Hall–Kier alpha value is 0.830. The van der Waals surface area contributed by atoms with Crippen LogP contribution >= 0.6 is 50.7 Å². The first-order valence-electron chi connectivity index (χ1n) is 4.26. The minimum atomic E-state index is -0.273. The smallest absolute Gasteiger partial charge is 0.0515 e. The maximum Gasteiger partial charge on any atom is 0.0515 e. The van der Waals surface area contributed by atoms with Crippen LogP contribution in [0.5, 0.6) is 0 Å². The lowest BCUT2D eigenvalue weighted by molar-refractivity contribution is 0.618. The molecule has 1 atom stereocenters. The fraction of sp³-hybridized carbons (Fsp3) is 0.600. The molecule has 82 valence electrons. The predicted octanol–water partition coefficient (Wildman–Crippen LogP) is 5.42. The first-order chi connectivity index (χ1) is 6.29. The Morgan fingerprint density at radius 3 is 2.36 bits per heavy atom. The monoisotopic (exact) mass is 318 g/mol. The van der Waals surface area contributed by atoms with E-state index in [2.05, 4.69) is 22.5 Å². The van der Waals surface area contributed by atoms with E-state index in [9.17, 15) is 0 Å². The summed E-state index contributed by atoms with van der Waals surface area (Å²) in [5, 5.41) is 0.493. The van der Waals surface area contributed by atoms with Crippen LogP contribution in [0.3, 0.4) is 0 Å². The van der Waals surface area contributed by atoms with Crippen LogP contribution in [0.4, 0.5) is 0 Å². The summed E-state index contributed by atoms with van der Waals surface area (Å²) in [6, 6.07) is 0. The fourth-order valence-corrected chi connectivity index (χ4v) is 1.66. The third kappa shape index (κ3) is 5.65. The summed E-state index contributed by atoms with van der Waals surface area (Å²) in [5.41, 5.74) is 2.33. The second kappa shape index (κ2) is 6.42. The number of allylic oxidation sites excluding steroid dienone is 2. The number of hydrogen-bond acceptors (Lipinski definition) is 0. The average molecular weight is 320 g/mol. The molecule has 14 heavy (non-hydrogen) atoms. The molecule has 0 saturated carbocycles. The molecule has 0 aromatic heterocycles. The normalized spacial score (nSPS) is 15.4. The molecule has 0 nitrogen and oxygen atoms in total. The van der Waals surface area contributed by atoms with Crippen LogP contribution in [0.2, 0.25) is 0 Å². The highest BCUT2D eigenvalue weighted by Crippen LogP contribution is 2.31. The Morgan fingerprint density at radius 1 is 1.57 bits per heavy atom. The van der Waals surface area contributed by atoms with Gasteiger partial charge < -0.3 is 0 Å². The lowest BCUT2D eigenvalue weighted by Gasteiger charge is -2.23. The molecule has 0 aromatic rings. The van der Waals surface area contributed by atoms with Gasteiger partial charge in [0.1, 0.15) is 0 Å². The third-order valence-electron chi connectivity index (χ3n) is 1.89. The molecule has 0 rings (SSSR count). The summed E-state index contributed by atoms with van der Waals surface area (Å²) in [5.74, 6) is 0. The molecule has 0 heterocycles. The van der Waals surface area contributed by atoms with Crippen molar-refractivity contribution in [3.05, 3.63) is 22.7 Å². The third-order valence-corrected chi connectivity index (χ3v) is 4.53. The van der Waals surface area contributed by atoms with E-state index < -0.39 is 0 Å². The molecule has 0 aliphatic carbocycles. The van der Waals surface area contributed by atoms with Gasteiger partial charge in [0.05, 0.1) is 4.87 Å². The van der Waals surface area contributed by atoms with Gasteiger partial charge in [-0.1, -0.05) is 45.7 Å². The maximum absolute atomic E-state index is 6.14. The standard InChI is InChI=1S/C10H14BrCl3/c1-7(13)8(6-12)4-5-9(11)10(2,3)14/h6,9H,1,4-5H2,2-3H3. The Labute approximate surface area is 109 Å². The second-order valence-corrected chi connectivity index (χ2v) is 6.36. The van der Waals surface area contributed by atoms with Gasteiger partial charge in [0.25, 0.3) is 0 Å². The molecule has 0 aliphatic rings. The zero-order valence-corrected chi connectivity index (χ0v) is 12.1. The van der Waals surface area contributed by atoms with Crippen molar-refractivity contribution in [2.24, 2.45) is 0 Å². The molecule has 0 amide bonds. The summed E-state index contributed by atoms with van der Waals surface area (Å²) in [6.45, 7) is 7.56. The average Bonchev–Trinajstić information content (AvgIpc) is 2.02. The van der Waals surface area contributed by atoms with Crippen molar-refractivity contribution in [1.29, 1.82) is 0 Å². The highest BCUT2D eigenvalue weighted by Gasteiger charge is 2.24. The number of rotatable bonds is 5. The topological polar surface area (TPSA) is 0 Å². The molecule has 0 aromatic carbocycles. The van der Waals surface area contributed by atoms with E-state index in [4.69, 9.17) is 34.8 Å². The van der Waals surface area contributed by atoms with Gasteiger partial charge in [0.2, 0.25) is 0 Å². The van der Waals surface area contributed by atoms with E-state index in [1.807, 2.05) is 13.8 Å². The minimum Gasteiger partial charge on any atom is -0.119 e. The number of hydrogen-bond donors (Lipinski definition) is 0. The quantitative estimate of drug-likeness (QED) is 0.468. The van der Waals surface area contributed by atoms with Crippen molar-refractivity contribution < 1.29 is 0 Å². The lowest BCUT2D eigenvalue weighted by atomic mass is 10.0. The molecule has 1 unspecified atom stereocenters. The van der Waals surface area contributed by atoms with Crippen molar-refractivity contribution in [2.75, 3.05) is 0 Å². The van der Waals surface area contributed by atoms with Crippen LogP contribution in [0.25, 0.3) is 0 Å². The molecule has 0 aliphatic heterocycles. The zero-order chi connectivity index (χ0) is 11.4. The van der Waals surface area contributed by atoms with E-state index in [0.29, 0.717) is 5.03 Å². The van der Waals surface area contributed by atoms with Gasteiger partial charge in [0.15, 0.2) is 0 Å². The fourth-order valence-electron chi connectivity index (χ4n) is 0.875. The molecule has 0 fully saturated rings. The van der Waals surface area contributed by atoms with Gasteiger partial charge in [-0.25, -0.2) is 0 Å². The Bertz CT molecular complexity index is 228. The van der Waals surface area contributed by atoms with Gasteiger partial charge in [-0.2, -0.15) is 0 Å². The van der Waals surface area contributed by atoms with Crippen LogP contribution < -0.4 is 0 Å². The van der Waals surface area contributed by atoms with Crippen LogP contribution in [0.1, 0.15) is 26.7 Å². The molecular formula is C10H14BrCl3. The Kier molecular flexibility index (Phi) is 6.80. The molecule has 0 spiro atoms. The Balaban J connectivity index is 4.13. The molecular weight excluding hydrogens is 306 g/mol. The van der Waals surface area contributed by atoms with Crippen molar-refractivity contribution in [3.8, 4) is 0 Å². The largest absolute Gasteiger partial charge is 0.119 e.